The number of rotatable bonds is 1. The van der Waals surface area contributed by atoms with Crippen molar-refractivity contribution in [2.24, 2.45) is 0 Å². The molecule has 2 aromatic rings. The van der Waals surface area contributed by atoms with Crippen LogP contribution >= 0.6 is 8.88 Å². The van der Waals surface area contributed by atoms with Crippen LogP contribution in [-0.4, -0.2) is 27.2 Å². The molecule has 100 valence electrons. The smallest absolute Gasteiger partial charge is 0.139 e. The fourth-order valence-corrected chi connectivity index (χ4v) is 4.33. The predicted octanol–water partition coefficient (Wildman–Crippen LogP) is 2.61. The Morgan fingerprint density at radius 3 is 3.00 bits per heavy atom. The second kappa shape index (κ2) is 4.36. The third kappa shape index (κ3) is 1.80. The van der Waals surface area contributed by atoms with Gasteiger partial charge in [-0.3, -0.25) is 0 Å². The zero-order chi connectivity index (χ0) is 12.8. The van der Waals surface area contributed by atoms with Gasteiger partial charge in [-0.2, -0.15) is 0 Å². The summed E-state index contributed by atoms with van der Waals surface area (Å²) in [4.78, 5) is 7.60. The molecule has 1 aliphatic heterocycles. The number of hydrogen-bond acceptors (Lipinski definition) is 4. The van der Waals surface area contributed by atoms with E-state index in [1.807, 2.05) is 12.4 Å². The fraction of sp³-hybridized carbons (Fsp3) is 0.462. The van der Waals surface area contributed by atoms with E-state index < -0.39 is 0 Å². The number of H-pyrrole nitrogens is 1. The average molecular weight is 276 g/mol. The number of nitrogens with one attached hydrogen (secondary N) is 2. The van der Waals surface area contributed by atoms with E-state index in [0.29, 0.717) is 14.9 Å². The number of aliphatic hydroxyl groups is 1. The van der Waals surface area contributed by atoms with Crippen molar-refractivity contribution in [3.05, 3.63) is 18.5 Å². The second-order valence-corrected chi connectivity index (χ2v) is 6.28. The molecule has 2 aliphatic rings. The molecule has 19 heavy (non-hydrogen) atoms. The Labute approximate surface area is 113 Å². The van der Waals surface area contributed by atoms with Crippen LogP contribution in [0.15, 0.2) is 18.5 Å². The van der Waals surface area contributed by atoms with Crippen LogP contribution in [0.25, 0.3) is 11.0 Å². The third-order valence-corrected chi connectivity index (χ3v) is 5.35. The number of fused-ring (bicyclic) bond motifs is 3. The standard InChI is InChI=1S/C13H17N4OP/c18-9-3-1-8(2-4-9)17-12-10-5-6-14-13(10)15-7-11(12)16-19-17/h5-9,16,18-19H,1-4H2,(H,14,15). The molecular formula is C13H17N4OP. The predicted molar refractivity (Wildman–Crippen MR) is 78.8 cm³/mol. The van der Waals surface area contributed by atoms with Crippen molar-refractivity contribution in [2.45, 2.75) is 37.8 Å². The summed E-state index contributed by atoms with van der Waals surface area (Å²) >= 11 is 0. The SMILES string of the molecule is OC1CCC(N2PNc3cnc4[nH]ccc4c32)CC1. The molecule has 1 saturated carbocycles. The van der Waals surface area contributed by atoms with E-state index in [9.17, 15) is 5.11 Å². The molecule has 1 atom stereocenters. The van der Waals surface area contributed by atoms with Gasteiger partial charge in [0.2, 0.25) is 0 Å². The lowest BCUT2D eigenvalue weighted by atomic mass is 9.93. The quantitative estimate of drug-likeness (QED) is 0.701. The monoisotopic (exact) mass is 276 g/mol. The van der Waals surface area contributed by atoms with Gasteiger partial charge in [0.1, 0.15) is 5.65 Å². The molecule has 0 amide bonds. The minimum atomic E-state index is -0.0978. The van der Waals surface area contributed by atoms with Crippen molar-refractivity contribution in [1.29, 1.82) is 0 Å². The van der Waals surface area contributed by atoms with Crippen LogP contribution in [0.1, 0.15) is 25.7 Å². The van der Waals surface area contributed by atoms with E-state index in [1.165, 1.54) is 11.1 Å². The largest absolute Gasteiger partial charge is 0.393 e. The van der Waals surface area contributed by atoms with Gasteiger partial charge in [0, 0.05) is 17.6 Å². The molecule has 1 unspecified atom stereocenters. The van der Waals surface area contributed by atoms with E-state index in [0.717, 1.165) is 37.0 Å². The molecular weight excluding hydrogens is 259 g/mol. The van der Waals surface area contributed by atoms with Crippen LogP contribution in [0.5, 0.6) is 0 Å². The number of hydrogen-bond donors (Lipinski definition) is 3. The van der Waals surface area contributed by atoms with Crippen molar-refractivity contribution >= 4 is 31.3 Å². The van der Waals surface area contributed by atoms with Crippen LogP contribution in [0.3, 0.4) is 0 Å². The van der Waals surface area contributed by atoms with Gasteiger partial charge in [0.15, 0.2) is 0 Å². The molecule has 0 spiro atoms. The van der Waals surface area contributed by atoms with Crippen molar-refractivity contribution in [2.75, 3.05) is 9.76 Å². The molecule has 1 fully saturated rings. The highest BCUT2D eigenvalue weighted by atomic mass is 31.1. The Morgan fingerprint density at radius 2 is 2.16 bits per heavy atom. The van der Waals surface area contributed by atoms with Gasteiger partial charge in [-0.15, -0.1) is 0 Å². The molecule has 4 rings (SSSR count). The fourth-order valence-electron chi connectivity index (χ4n) is 3.11. The summed E-state index contributed by atoms with van der Waals surface area (Å²) in [6, 6.07) is 2.64. The highest BCUT2D eigenvalue weighted by Crippen LogP contribution is 2.49. The van der Waals surface area contributed by atoms with Crippen molar-refractivity contribution in [3.63, 3.8) is 0 Å². The molecule has 3 N–H and O–H groups in total. The summed E-state index contributed by atoms with van der Waals surface area (Å²) in [5.74, 6) is 0. The Hall–Kier alpha value is -1.32. The zero-order valence-electron chi connectivity index (χ0n) is 10.6. The van der Waals surface area contributed by atoms with Crippen LogP contribution in [0.4, 0.5) is 11.4 Å². The summed E-state index contributed by atoms with van der Waals surface area (Å²) in [5, 5.41) is 14.3. The first kappa shape index (κ1) is 11.5. The average Bonchev–Trinajstić information content (AvgIpc) is 3.04. The number of aromatic amines is 1. The van der Waals surface area contributed by atoms with E-state index in [1.54, 1.807) is 0 Å². The Bertz CT molecular complexity index is 606. The third-order valence-electron chi connectivity index (χ3n) is 4.14. The topological polar surface area (TPSA) is 64.2 Å². The molecule has 6 heteroatoms. The summed E-state index contributed by atoms with van der Waals surface area (Å²) in [7, 11) is 0.584. The van der Waals surface area contributed by atoms with Crippen molar-refractivity contribution in [1.82, 2.24) is 9.97 Å². The number of pyridine rings is 1. The molecule has 1 aliphatic carbocycles. The maximum atomic E-state index is 9.66. The molecule has 0 radical (unpaired) electrons. The van der Waals surface area contributed by atoms with Crippen LogP contribution in [-0.2, 0) is 0 Å². The summed E-state index contributed by atoms with van der Waals surface area (Å²) < 4.78 is 2.47. The molecule has 0 saturated heterocycles. The van der Waals surface area contributed by atoms with E-state index in [2.05, 4.69) is 25.8 Å². The van der Waals surface area contributed by atoms with Gasteiger partial charge < -0.3 is 19.8 Å². The minimum Gasteiger partial charge on any atom is -0.393 e. The maximum Gasteiger partial charge on any atom is 0.139 e. The van der Waals surface area contributed by atoms with Gasteiger partial charge in [-0.25, -0.2) is 4.98 Å². The summed E-state index contributed by atoms with van der Waals surface area (Å²) in [6.45, 7) is 0. The van der Waals surface area contributed by atoms with Crippen molar-refractivity contribution in [3.8, 4) is 0 Å². The molecule has 2 aromatic heterocycles. The van der Waals surface area contributed by atoms with Gasteiger partial charge in [0.05, 0.1) is 32.6 Å². The summed E-state index contributed by atoms with van der Waals surface area (Å²) in [5.41, 5.74) is 3.37. The van der Waals surface area contributed by atoms with Gasteiger partial charge in [-0.05, 0) is 31.7 Å². The van der Waals surface area contributed by atoms with Crippen LogP contribution < -0.4 is 9.76 Å². The highest BCUT2D eigenvalue weighted by Gasteiger charge is 2.31. The lowest BCUT2D eigenvalue weighted by Crippen LogP contribution is -2.33. The van der Waals surface area contributed by atoms with Gasteiger partial charge >= 0.3 is 0 Å². The maximum absolute atomic E-state index is 9.66. The Morgan fingerprint density at radius 1 is 1.32 bits per heavy atom. The minimum absolute atomic E-state index is 0.0978. The molecule has 0 aromatic carbocycles. The van der Waals surface area contributed by atoms with Gasteiger partial charge in [-0.1, -0.05) is 0 Å². The molecule has 3 heterocycles. The lowest BCUT2D eigenvalue weighted by molar-refractivity contribution is 0.124. The second-order valence-electron chi connectivity index (χ2n) is 5.33. The zero-order valence-corrected chi connectivity index (χ0v) is 11.6. The Kier molecular flexibility index (Phi) is 2.64. The van der Waals surface area contributed by atoms with Crippen LogP contribution in [0.2, 0.25) is 0 Å². The van der Waals surface area contributed by atoms with Crippen LogP contribution in [0, 0.1) is 0 Å². The number of aliphatic hydroxyl groups excluding tert-OH is 1. The normalized spacial score (nSPS) is 27.7. The molecule has 0 bridgehead atoms. The van der Waals surface area contributed by atoms with E-state index >= 15 is 0 Å². The lowest BCUT2D eigenvalue weighted by Gasteiger charge is -2.33. The first-order valence-electron chi connectivity index (χ1n) is 6.78. The van der Waals surface area contributed by atoms with E-state index in [-0.39, 0.29) is 6.10 Å². The van der Waals surface area contributed by atoms with E-state index in [4.69, 9.17) is 0 Å². The highest BCUT2D eigenvalue weighted by molar-refractivity contribution is 7.43. The van der Waals surface area contributed by atoms with Crippen molar-refractivity contribution < 1.29 is 5.11 Å². The first-order valence-corrected chi connectivity index (χ1v) is 7.72. The number of aromatic nitrogens is 2. The number of nitrogens with zero attached hydrogens (tertiary/aromatic N) is 2. The summed E-state index contributed by atoms with van der Waals surface area (Å²) in [6.07, 6.45) is 7.75. The first-order chi connectivity index (χ1) is 9.33. The van der Waals surface area contributed by atoms with Gasteiger partial charge in [0.25, 0.3) is 0 Å². The number of anilines is 2. The Balaban J connectivity index is 1.72. The molecule has 5 nitrogen and oxygen atoms in total.